The molecule has 1 saturated heterocycles. The first-order valence-electron chi connectivity index (χ1n) is 5.65. The van der Waals surface area contributed by atoms with Crippen LogP contribution in [0.15, 0.2) is 0 Å². The van der Waals surface area contributed by atoms with Gasteiger partial charge in [-0.05, 0) is 31.6 Å². The average molecular weight is 183 g/mol. The van der Waals surface area contributed by atoms with Crippen molar-refractivity contribution in [1.82, 2.24) is 0 Å². The van der Waals surface area contributed by atoms with Crippen molar-refractivity contribution in [2.75, 3.05) is 13.2 Å². The fourth-order valence-corrected chi connectivity index (χ4v) is 2.30. The van der Waals surface area contributed by atoms with Gasteiger partial charge in [0.2, 0.25) is 0 Å². The Morgan fingerprint density at radius 3 is 2.46 bits per heavy atom. The Hall–Kier alpha value is -0.0800. The molecule has 0 unspecified atom stereocenters. The summed E-state index contributed by atoms with van der Waals surface area (Å²) in [5.41, 5.74) is 6.43. The standard InChI is InChI=1S/C11H21NO/c12-11(6-8-13-9-7-11)5-4-10-2-1-3-10/h10H,1-9,12H2. The van der Waals surface area contributed by atoms with Gasteiger partial charge in [0.1, 0.15) is 0 Å². The van der Waals surface area contributed by atoms with Gasteiger partial charge in [0, 0.05) is 18.8 Å². The smallest absolute Gasteiger partial charge is 0.0483 e. The lowest BCUT2D eigenvalue weighted by molar-refractivity contribution is 0.0462. The van der Waals surface area contributed by atoms with Crippen LogP contribution in [0.25, 0.3) is 0 Å². The quantitative estimate of drug-likeness (QED) is 0.727. The highest BCUT2D eigenvalue weighted by Crippen LogP contribution is 2.34. The Morgan fingerprint density at radius 2 is 1.92 bits per heavy atom. The summed E-state index contributed by atoms with van der Waals surface area (Å²) in [7, 11) is 0. The third kappa shape index (κ3) is 2.44. The van der Waals surface area contributed by atoms with Crippen LogP contribution in [0.1, 0.15) is 44.9 Å². The van der Waals surface area contributed by atoms with E-state index in [4.69, 9.17) is 10.5 Å². The van der Waals surface area contributed by atoms with Crippen LogP contribution >= 0.6 is 0 Å². The number of rotatable bonds is 3. The minimum atomic E-state index is 0.119. The summed E-state index contributed by atoms with van der Waals surface area (Å²) in [6.45, 7) is 1.75. The van der Waals surface area contributed by atoms with Crippen LogP contribution in [0.5, 0.6) is 0 Å². The molecule has 2 heteroatoms. The van der Waals surface area contributed by atoms with Crippen molar-refractivity contribution in [2.45, 2.75) is 50.5 Å². The molecule has 2 aliphatic rings. The molecule has 1 aliphatic heterocycles. The number of hydrogen-bond donors (Lipinski definition) is 1. The van der Waals surface area contributed by atoms with E-state index in [1.54, 1.807) is 0 Å². The molecule has 0 amide bonds. The molecule has 2 nitrogen and oxygen atoms in total. The lowest BCUT2D eigenvalue weighted by Crippen LogP contribution is -2.45. The minimum Gasteiger partial charge on any atom is -0.381 e. The Kier molecular flexibility index (Phi) is 2.89. The molecule has 0 radical (unpaired) electrons. The SMILES string of the molecule is NC1(CCC2CCC2)CCOCC1. The van der Waals surface area contributed by atoms with E-state index in [9.17, 15) is 0 Å². The van der Waals surface area contributed by atoms with Crippen molar-refractivity contribution < 1.29 is 4.74 Å². The molecule has 0 aromatic heterocycles. The summed E-state index contributed by atoms with van der Waals surface area (Å²) in [4.78, 5) is 0. The maximum atomic E-state index is 6.31. The first kappa shape index (κ1) is 9.47. The lowest BCUT2D eigenvalue weighted by Gasteiger charge is -2.36. The molecule has 0 spiro atoms. The summed E-state index contributed by atoms with van der Waals surface area (Å²) in [6, 6.07) is 0. The van der Waals surface area contributed by atoms with E-state index in [1.165, 1.54) is 32.1 Å². The Morgan fingerprint density at radius 1 is 1.23 bits per heavy atom. The average Bonchev–Trinajstić information content (AvgIpc) is 2.02. The Labute approximate surface area is 80.8 Å². The van der Waals surface area contributed by atoms with Gasteiger partial charge in [-0.3, -0.25) is 0 Å². The fraction of sp³-hybridized carbons (Fsp3) is 1.00. The highest BCUT2D eigenvalue weighted by Gasteiger charge is 2.29. The second-order valence-corrected chi connectivity index (χ2v) is 4.81. The summed E-state index contributed by atoms with van der Waals surface area (Å²) in [6.07, 6.45) is 9.07. The predicted molar refractivity (Wildman–Crippen MR) is 53.5 cm³/mol. The van der Waals surface area contributed by atoms with E-state index in [-0.39, 0.29) is 5.54 Å². The second-order valence-electron chi connectivity index (χ2n) is 4.81. The van der Waals surface area contributed by atoms with Gasteiger partial charge in [-0.25, -0.2) is 0 Å². The molecule has 2 fully saturated rings. The van der Waals surface area contributed by atoms with Crippen LogP contribution in [0.2, 0.25) is 0 Å². The molecule has 0 bridgehead atoms. The van der Waals surface area contributed by atoms with Gasteiger partial charge in [0.25, 0.3) is 0 Å². The van der Waals surface area contributed by atoms with E-state index in [2.05, 4.69) is 0 Å². The largest absolute Gasteiger partial charge is 0.381 e. The van der Waals surface area contributed by atoms with Crippen molar-refractivity contribution in [3.05, 3.63) is 0 Å². The maximum absolute atomic E-state index is 6.31. The molecular weight excluding hydrogens is 162 g/mol. The van der Waals surface area contributed by atoms with Crippen molar-refractivity contribution in [3.63, 3.8) is 0 Å². The summed E-state index contributed by atoms with van der Waals surface area (Å²) in [5, 5.41) is 0. The topological polar surface area (TPSA) is 35.2 Å². The molecule has 13 heavy (non-hydrogen) atoms. The van der Waals surface area contributed by atoms with Gasteiger partial charge in [-0.2, -0.15) is 0 Å². The van der Waals surface area contributed by atoms with Crippen LogP contribution in [-0.2, 0) is 4.74 Å². The van der Waals surface area contributed by atoms with Crippen LogP contribution in [0.3, 0.4) is 0 Å². The zero-order chi connectivity index (χ0) is 9.15. The van der Waals surface area contributed by atoms with Crippen LogP contribution < -0.4 is 5.73 Å². The highest BCUT2D eigenvalue weighted by atomic mass is 16.5. The molecule has 76 valence electrons. The second kappa shape index (κ2) is 3.97. The molecule has 0 aromatic rings. The fourth-order valence-electron chi connectivity index (χ4n) is 2.30. The molecule has 1 aliphatic carbocycles. The third-order valence-electron chi connectivity index (χ3n) is 3.76. The monoisotopic (exact) mass is 183 g/mol. The molecule has 0 aromatic carbocycles. The van der Waals surface area contributed by atoms with E-state index in [1.807, 2.05) is 0 Å². The first-order valence-corrected chi connectivity index (χ1v) is 5.65. The van der Waals surface area contributed by atoms with E-state index >= 15 is 0 Å². The Bertz CT molecular complexity index is 159. The van der Waals surface area contributed by atoms with Gasteiger partial charge in [0.15, 0.2) is 0 Å². The lowest BCUT2D eigenvalue weighted by atomic mass is 9.77. The van der Waals surface area contributed by atoms with E-state index in [0.717, 1.165) is 32.0 Å². The Balaban J connectivity index is 1.71. The zero-order valence-corrected chi connectivity index (χ0v) is 8.43. The van der Waals surface area contributed by atoms with E-state index < -0.39 is 0 Å². The molecular formula is C11H21NO. The van der Waals surface area contributed by atoms with Crippen LogP contribution in [-0.4, -0.2) is 18.8 Å². The number of hydrogen-bond acceptors (Lipinski definition) is 2. The van der Waals surface area contributed by atoms with Crippen molar-refractivity contribution in [3.8, 4) is 0 Å². The molecule has 2 N–H and O–H groups in total. The normalized spacial score (nSPS) is 28.4. The first-order chi connectivity index (χ1) is 6.29. The highest BCUT2D eigenvalue weighted by molar-refractivity contribution is 4.87. The van der Waals surface area contributed by atoms with Crippen LogP contribution in [0, 0.1) is 5.92 Å². The van der Waals surface area contributed by atoms with Gasteiger partial charge < -0.3 is 10.5 Å². The van der Waals surface area contributed by atoms with Crippen LogP contribution in [0.4, 0.5) is 0 Å². The molecule has 1 saturated carbocycles. The number of nitrogens with two attached hydrogens (primary N) is 1. The summed E-state index contributed by atoms with van der Waals surface area (Å²) in [5.74, 6) is 1.00. The zero-order valence-electron chi connectivity index (χ0n) is 8.43. The number of ether oxygens (including phenoxy) is 1. The van der Waals surface area contributed by atoms with Crippen molar-refractivity contribution in [1.29, 1.82) is 0 Å². The molecule has 1 heterocycles. The van der Waals surface area contributed by atoms with Gasteiger partial charge in [-0.15, -0.1) is 0 Å². The van der Waals surface area contributed by atoms with Crippen molar-refractivity contribution in [2.24, 2.45) is 11.7 Å². The van der Waals surface area contributed by atoms with Gasteiger partial charge in [-0.1, -0.05) is 19.3 Å². The van der Waals surface area contributed by atoms with Gasteiger partial charge in [0.05, 0.1) is 0 Å². The summed E-state index contributed by atoms with van der Waals surface area (Å²) < 4.78 is 5.33. The van der Waals surface area contributed by atoms with E-state index in [0.29, 0.717) is 0 Å². The maximum Gasteiger partial charge on any atom is 0.0483 e. The third-order valence-corrected chi connectivity index (χ3v) is 3.76. The minimum absolute atomic E-state index is 0.119. The molecule has 2 rings (SSSR count). The molecule has 0 atom stereocenters. The van der Waals surface area contributed by atoms with Crippen molar-refractivity contribution >= 4 is 0 Å². The summed E-state index contributed by atoms with van der Waals surface area (Å²) >= 11 is 0. The predicted octanol–water partition coefficient (Wildman–Crippen LogP) is 2.07. The van der Waals surface area contributed by atoms with Gasteiger partial charge >= 0.3 is 0 Å².